The van der Waals surface area contributed by atoms with Gasteiger partial charge in [-0.2, -0.15) is 0 Å². The highest BCUT2D eigenvalue weighted by atomic mass is 16.6. The summed E-state index contributed by atoms with van der Waals surface area (Å²) < 4.78 is 53.3. The molecule has 12 nitrogen and oxygen atoms in total. The van der Waals surface area contributed by atoms with Crippen molar-refractivity contribution in [2.24, 2.45) is 5.41 Å². The van der Waals surface area contributed by atoms with Gasteiger partial charge in [-0.3, -0.25) is 9.59 Å². The van der Waals surface area contributed by atoms with Crippen LogP contribution < -0.4 is 0 Å². The molecule has 0 aliphatic heterocycles. The Hall–Kier alpha value is -2.68. The number of rotatable bonds is 28. The number of carbonyl (C=O) groups is 2. The zero-order chi connectivity index (χ0) is 32.4. The van der Waals surface area contributed by atoms with Crippen molar-refractivity contribution in [3.05, 3.63) is 48.0 Å². The summed E-state index contributed by atoms with van der Waals surface area (Å²) in [7, 11) is 3.24. The van der Waals surface area contributed by atoms with E-state index in [1.807, 2.05) is 42.5 Å². The van der Waals surface area contributed by atoms with E-state index in [1.165, 1.54) is 0 Å². The standard InChI is InChI=1S/C33H50O12/c1-33(27-28-8-9-29-6-4-5-7-30(29)26-28,31(34)44-24-22-42-20-18-40-16-14-38-12-10-36-2)32(35)45-25-23-43-21-19-41-17-15-39-13-11-37-3/h4-9,26H,10-25,27H2,1-3H3. The minimum atomic E-state index is -1.57. The lowest BCUT2D eigenvalue weighted by atomic mass is 9.83. The summed E-state index contributed by atoms with van der Waals surface area (Å²) in [4.78, 5) is 26.6. The lowest BCUT2D eigenvalue weighted by Crippen LogP contribution is -2.42. The summed E-state index contributed by atoms with van der Waals surface area (Å²) in [5.74, 6) is -1.37. The van der Waals surface area contributed by atoms with E-state index in [1.54, 1.807) is 21.1 Å². The monoisotopic (exact) mass is 638 g/mol. The second kappa shape index (κ2) is 24.5. The van der Waals surface area contributed by atoms with Crippen LogP contribution in [-0.2, 0) is 63.4 Å². The van der Waals surface area contributed by atoms with Gasteiger partial charge in [0, 0.05) is 14.2 Å². The summed E-state index contributed by atoms with van der Waals surface area (Å²) in [5.41, 5.74) is -0.760. The molecular formula is C33H50O12. The molecule has 0 saturated heterocycles. The smallest absolute Gasteiger partial charge is 0.323 e. The first kappa shape index (κ1) is 38.5. The van der Waals surface area contributed by atoms with E-state index in [0.717, 1.165) is 16.3 Å². The molecule has 2 rings (SSSR count). The number of benzene rings is 2. The van der Waals surface area contributed by atoms with E-state index < -0.39 is 17.4 Å². The summed E-state index contributed by atoms with van der Waals surface area (Å²) in [6.07, 6.45) is 0.109. The molecule has 0 N–H and O–H groups in total. The van der Waals surface area contributed by atoms with E-state index in [-0.39, 0.29) is 32.8 Å². The fourth-order valence-corrected chi connectivity index (χ4v) is 4.06. The molecule has 45 heavy (non-hydrogen) atoms. The number of carbonyl (C=O) groups excluding carboxylic acids is 2. The highest BCUT2D eigenvalue weighted by Gasteiger charge is 2.44. The topological polar surface area (TPSA) is 126 Å². The maximum Gasteiger partial charge on any atom is 0.323 e. The van der Waals surface area contributed by atoms with Gasteiger partial charge in [0.2, 0.25) is 0 Å². The molecule has 0 unspecified atom stereocenters. The molecule has 254 valence electrons. The maximum atomic E-state index is 13.3. The van der Waals surface area contributed by atoms with Crippen LogP contribution in [0, 0.1) is 5.41 Å². The van der Waals surface area contributed by atoms with Crippen LogP contribution in [0.5, 0.6) is 0 Å². The van der Waals surface area contributed by atoms with Crippen LogP contribution in [0.15, 0.2) is 42.5 Å². The summed E-state index contributed by atoms with van der Waals surface area (Å²) >= 11 is 0. The van der Waals surface area contributed by atoms with Crippen LogP contribution in [0.2, 0.25) is 0 Å². The van der Waals surface area contributed by atoms with Gasteiger partial charge in [0.15, 0.2) is 5.41 Å². The number of esters is 2. The van der Waals surface area contributed by atoms with Gasteiger partial charge >= 0.3 is 11.9 Å². The van der Waals surface area contributed by atoms with Gasteiger partial charge < -0.3 is 47.4 Å². The molecule has 0 radical (unpaired) electrons. The second-order valence-corrected chi connectivity index (χ2v) is 10.1. The molecule has 0 spiro atoms. The number of hydrogen-bond donors (Lipinski definition) is 0. The number of ether oxygens (including phenoxy) is 10. The predicted octanol–water partition coefficient (Wildman–Crippen LogP) is 2.87. The van der Waals surface area contributed by atoms with Gasteiger partial charge in [0.05, 0.1) is 92.5 Å². The largest absolute Gasteiger partial charge is 0.462 e. The van der Waals surface area contributed by atoms with E-state index in [0.29, 0.717) is 79.3 Å². The van der Waals surface area contributed by atoms with Crippen molar-refractivity contribution in [3.8, 4) is 0 Å². The van der Waals surface area contributed by atoms with Gasteiger partial charge in [-0.15, -0.1) is 0 Å². The lowest BCUT2D eigenvalue weighted by Gasteiger charge is -2.25. The molecule has 2 aromatic rings. The SMILES string of the molecule is COCCOCCOCCOCCOC(=O)C(C)(Cc1ccc2ccccc2c1)C(=O)OCCOCCOCCOCCOC. The molecule has 0 heterocycles. The van der Waals surface area contributed by atoms with Crippen LogP contribution in [0.25, 0.3) is 10.8 Å². The van der Waals surface area contributed by atoms with E-state index in [4.69, 9.17) is 47.4 Å². The Morgan fingerprint density at radius 1 is 0.511 bits per heavy atom. The number of methoxy groups -OCH3 is 2. The Bertz CT molecular complexity index is 1020. The molecule has 0 atom stereocenters. The quantitative estimate of drug-likeness (QED) is 0.0773. The minimum Gasteiger partial charge on any atom is -0.462 e. The van der Waals surface area contributed by atoms with E-state index in [2.05, 4.69) is 0 Å². The van der Waals surface area contributed by atoms with E-state index in [9.17, 15) is 9.59 Å². The Kier molecular flexibility index (Phi) is 21.0. The van der Waals surface area contributed by atoms with Crippen molar-refractivity contribution in [1.82, 2.24) is 0 Å². The van der Waals surface area contributed by atoms with Crippen LogP contribution in [0.4, 0.5) is 0 Å². The predicted molar refractivity (Wildman–Crippen MR) is 166 cm³/mol. The first-order valence-corrected chi connectivity index (χ1v) is 15.3. The third-order valence-electron chi connectivity index (χ3n) is 6.55. The van der Waals surface area contributed by atoms with Crippen molar-refractivity contribution in [1.29, 1.82) is 0 Å². The van der Waals surface area contributed by atoms with E-state index >= 15 is 0 Å². The van der Waals surface area contributed by atoms with Gasteiger partial charge in [-0.25, -0.2) is 0 Å². The Morgan fingerprint density at radius 2 is 0.889 bits per heavy atom. The molecule has 12 heteroatoms. The zero-order valence-corrected chi connectivity index (χ0v) is 27.0. The highest BCUT2D eigenvalue weighted by molar-refractivity contribution is 6.00. The first-order valence-electron chi connectivity index (χ1n) is 15.3. The van der Waals surface area contributed by atoms with Crippen LogP contribution in [0.1, 0.15) is 12.5 Å². The minimum absolute atomic E-state index is 0.0138. The summed E-state index contributed by atoms with van der Waals surface area (Å²) in [6.45, 7) is 7.22. The molecule has 0 bridgehead atoms. The molecule has 0 fully saturated rings. The van der Waals surface area contributed by atoms with Crippen molar-refractivity contribution in [2.45, 2.75) is 13.3 Å². The van der Waals surface area contributed by atoms with Crippen LogP contribution in [-0.4, -0.2) is 132 Å². The van der Waals surface area contributed by atoms with Crippen LogP contribution >= 0.6 is 0 Å². The third-order valence-corrected chi connectivity index (χ3v) is 6.55. The highest BCUT2D eigenvalue weighted by Crippen LogP contribution is 2.28. The van der Waals surface area contributed by atoms with Crippen LogP contribution in [0.3, 0.4) is 0 Å². The summed E-state index contributed by atoms with van der Waals surface area (Å²) in [5, 5.41) is 2.07. The lowest BCUT2D eigenvalue weighted by molar-refractivity contribution is -0.173. The number of hydrogen-bond acceptors (Lipinski definition) is 12. The zero-order valence-electron chi connectivity index (χ0n) is 27.0. The van der Waals surface area contributed by atoms with Gasteiger partial charge in [0.25, 0.3) is 0 Å². The van der Waals surface area contributed by atoms with Gasteiger partial charge in [-0.05, 0) is 29.7 Å². The first-order chi connectivity index (χ1) is 22.0. The van der Waals surface area contributed by atoms with Gasteiger partial charge in [-0.1, -0.05) is 42.5 Å². The molecule has 0 aliphatic carbocycles. The normalized spacial score (nSPS) is 11.6. The number of fused-ring (bicyclic) bond motifs is 1. The second-order valence-electron chi connectivity index (χ2n) is 10.1. The molecule has 0 aromatic heterocycles. The van der Waals surface area contributed by atoms with Gasteiger partial charge in [0.1, 0.15) is 13.2 Å². The van der Waals surface area contributed by atoms with Crippen molar-refractivity contribution < 1.29 is 57.0 Å². The maximum absolute atomic E-state index is 13.3. The summed E-state index contributed by atoms with van der Waals surface area (Å²) in [6, 6.07) is 13.7. The Labute approximate surface area is 266 Å². The Balaban J connectivity index is 1.77. The molecule has 0 saturated carbocycles. The Morgan fingerprint density at radius 3 is 1.31 bits per heavy atom. The van der Waals surface area contributed by atoms with Crippen molar-refractivity contribution >= 4 is 22.7 Å². The fourth-order valence-electron chi connectivity index (χ4n) is 4.06. The molecule has 0 amide bonds. The molecule has 2 aromatic carbocycles. The molecular weight excluding hydrogens is 588 g/mol. The third kappa shape index (κ3) is 16.4. The van der Waals surface area contributed by atoms with Crippen molar-refractivity contribution in [3.63, 3.8) is 0 Å². The van der Waals surface area contributed by atoms with Crippen molar-refractivity contribution in [2.75, 3.05) is 120 Å². The average Bonchev–Trinajstić information content (AvgIpc) is 3.05. The molecule has 0 aliphatic rings. The fraction of sp³-hybridized carbons (Fsp3) is 0.636. The average molecular weight is 639 g/mol.